The number of benzene rings is 1. The number of hydrogen-bond acceptors (Lipinski definition) is 4. The van der Waals surface area contributed by atoms with Crippen molar-refractivity contribution in [1.29, 1.82) is 0 Å². The first-order valence-electron chi connectivity index (χ1n) is 4.75. The first kappa shape index (κ1) is 10.3. The lowest BCUT2D eigenvalue weighted by Gasteiger charge is -2.06. The molecule has 1 heterocycles. The molecule has 16 heavy (non-hydrogen) atoms. The fourth-order valence-electron chi connectivity index (χ4n) is 1.46. The van der Waals surface area contributed by atoms with Gasteiger partial charge in [0.05, 0.1) is 12.7 Å². The molecular formula is C12H10N2O2. The summed E-state index contributed by atoms with van der Waals surface area (Å²) in [7, 11) is 1.36. The van der Waals surface area contributed by atoms with Gasteiger partial charge in [-0.15, -0.1) is 0 Å². The lowest BCUT2D eigenvalue weighted by atomic mass is 10.0. The number of esters is 1. The average molecular weight is 214 g/mol. The SMILES string of the molecule is COC(=O)c1ccccc1-c1cncnc1. The van der Waals surface area contributed by atoms with Gasteiger partial charge in [0.1, 0.15) is 6.33 Å². The van der Waals surface area contributed by atoms with Crippen molar-refractivity contribution in [1.82, 2.24) is 9.97 Å². The summed E-state index contributed by atoms with van der Waals surface area (Å²) in [6.45, 7) is 0. The van der Waals surface area contributed by atoms with Gasteiger partial charge in [-0.1, -0.05) is 18.2 Å². The van der Waals surface area contributed by atoms with Gasteiger partial charge < -0.3 is 4.74 Å². The average Bonchev–Trinajstić information content (AvgIpc) is 2.39. The van der Waals surface area contributed by atoms with Crippen LogP contribution in [0.5, 0.6) is 0 Å². The Bertz CT molecular complexity index is 497. The van der Waals surface area contributed by atoms with E-state index in [2.05, 4.69) is 9.97 Å². The third-order valence-electron chi connectivity index (χ3n) is 2.20. The lowest BCUT2D eigenvalue weighted by molar-refractivity contribution is 0.0601. The van der Waals surface area contributed by atoms with Crippen LogP contribution in [-0.4, -0.2) is 23.0 Å². The molecule has 0 saturated heterocycles. The molecule has 0 aliphatic carbocycles. The van der Waals surface area contributed by atoms with Crippen LogP contribution in [0, 0.1) is 0 Å². The summed E-state index contributed by atoms with van der Waals surface area (Å²) in [4.78, 5) is 19.4. The maximum atomic E-state index is 11.5. The molecule has 0 spiro atoms. The molecule has 0 N–H and O–H groups in total. The van der Waals surface area contributed by atoms with Gasteiger partial charge in [-0.25, -0.2) is 14.8 Å². The maximum Gasteiger partial charge on any atom is 0.338 e. The molecule has 1 aromatic heterocycles. The molecule has 1 aromatic carbocycles. The van der Waals surface area contributed by atoms with Crippen molar-refractivity contribution in [3.05, 3.63) is 48.5 Å². The predicted molar refractivity (Wildman–Crippen MR) is 58.8 cm³/mol. The number of hydrogen-bond donors (Lipinski definition) is 0. The number of ether oxygens (including phenoxy) is 1. The van der Waals surface area contributed by atoms with E-state index in [9.17, 15) is 4.79 Å². The summed E-state index contributed by atoms with van der Waals surface area (Å²) in [6.07, 6.45) is 4.77. The smallest absolute Gasteiger partial charge is 0.338 e. The van der Waals surface area contributed by atoms with E-state index in [1.165, 1.54) is 13.4 Å². The zero-order valence-electron chi connectivity index (χ0n) is 8.75. The second-order valence-corrected chi connectivity index (χ2v) is 3.16. The van der Waals surface area contributed by atoms with E-state index in [-0.39, 0.29) is 5.97 Å². The number of methoxy groups -OCH3 is 1. The van der Waals surface area contributed by atoms with Crippen LogP contribution in [-0.2, 0) is 4.74 Å². The topological polar surface area (TPSA) is 52.1 Å². The van der Waals surface area contributed by atoms with Crippen molar-refractivity contribution in [3.8, 4) is 11.1 Å². The summed E-state index contributed by atoms with van der Waals surface area (Å²) in [5.41, 5.74) is 2.08. The summed E-state index contributed by atoms with van der Waals surface area (Å²) < 4.78 is 4.72. The van der Waals surface area contributed by atoms with Crippen LogP contribution in [0.1, 0.15) is 10.4 Å². The maximum absolute atomic E-state index is 11.5. The molecule has 0 amide bonds. The molecule has 2 rings (SSSR count). The number of rotatable bonds is 2. The standard InChI is InChI=1S/C12H10N2O2/c1-16-12(15)11-5-3-2-4-10(11)9-6-13-8-14-7-9/h2-8H,1H3. The molecule has 0 saturated carbocycles. The van der Waals surface area contributed by atoms with Crippen LogP contribution in [0.4, 0.5) is 0 Å². The molecule has 0 radical (unpaired) electrons. The summed E-state index contributed by atoms with van der Waals surface area (Å²) >= 11 is 0. The van der Waals surface area contributed by atoms with Gasteiger partial charge in [0.15, 0.2) is 0 Å². The third-order valence-corrected chi connectivity index (χ3v) is 2.20. The van der Waals surface area contributed by atoms with E-state index < -0.39 is 0 Å². The van der Waals surface area contributed by atoms with Crippen LogP contribution in [0.3, 0.4) is 0 Å². The monoisotopic (exact) mass is 214 g/mol. The van der Waals surface area contributed by atoms with E-state index >= 15 is 0 Å². The van der Waals surface area contributed by atoms with Crippen LogP contribution >= 0.6 is 0 Å². The zero-order chi connectivity index (χ0) is 11.4. The Morgan fingerprint density at radius 1 is 1.19 bits per heavy atom. The van der Waals surface area contributed by atoms with Crippen LogP contribution in [0.25, 0.3) is 11.1 Å². The molecule has 0 aliphatic heterocycles. The Balaban J connectivity index is 2.53. The Labute approximate surface area is 92.9 Å². The summed E-state index contributed by atoms with van der Waals surface area (Å²) in [5.74, 6) is -0.362. The van der Waals surface area contributed by atoms with E-state index in [0.717, 1.165) is 11.1 Å². The van der Waals surface area contributed by atoms with E-state index in [1.807, 2.05) is 12.1 Å². The van der Waals surface area contributed by atoms with Gasteiger partial charge in [-0.2, -0.15) is 0 Å². The zero-order valence-corrected chi connectivity index (χ0v) is 8.75. The highest BCUT2D eigenvalue weighted by atomic mass is 16.5. The highest BCUT2D eigenvalue weighted by Crippen LogP contribution is 2.22. The summed E-state index contributed by atoms with van der Waals surface area (Å²) in [5, 5.41) is 0. The second-order valence-electron chi connectivity index (χ2n) is 3.16. The molecule has 0 unspecified atom stereocenters. The van der Waals surface area contributed by atoms with Gasteiger partial charge in [0.2, 0.25) is 0 Å². The van der Waals surface area contributed by atoms with Crippen LogP contribution in [0.2, 0.25) is 0 Å². The normalized spacial score (nSPS) is 9.81. The largest absolute Gasteiger partial charge is 0.465 e. The highest BCUT2D eigenvalue weighted by molar-refractivity contribution is 5.96. The van der Waals surface area contributed by atoms with E-state index in [0.29, 0.717) is 5.56 Å². The fraction of sp³-hybridized carbons (Fsp3) is 0.0833. The molecule has 2 aromatic rings. The van der Waals surface area contributed by atoms with Gasteiger partial charge in [0, 0.05) is 18.0 Å². The molecule has 0 atom stereocenters. The number of nitrogens with zero attached hydrogens (tertiary/aromatic N) is 2. The highest BCUT2D eigenvalue weighted by Gasteiger charge is 2.12. The lowest BCUT2D eigenvalue weighted by Crippen LogP contribution is -2.03. The van der Waals surface area contributed by atoms with Crippen molar-refractivity contribution >= 4 is 5.97 Å². The Morgan fingerprint density at radius 3 is 2.56 bits per heavy atom. The van der Waals surface area contributed by atoms with Crippen LogP contribution in [0.15, 0.2) is 43.0 Å². The molecule has 80 valence electrons. The Hall–Kier alpha value is -2.23. The molecular weight excluding hydrogens is 204 g/mol. The van der Waals surface area contributed by atoms with Gasteiger partial charge in [0.25, 0.3) is 0 Å². The predicted octanol–water partition coefficient (Wildman–Crippen LogP) is 1.93. The first-order chi connectivity index (χ1) is 7.83. The molecule has 0 aliphatic rings. The number of carbonyl (C=O) groups excluding carboxylic acids is 1. The minimum absolute atomic E-state index is 0.362. The third kappa shape index (κ3) is 1.91. The number of carbonyl (C=O) groups is 1. The summed E-state index contributed by atoms with van der Waals surface area (Å²) in [6, 6.07) is 7.20. The van der Waals surface area contributed by atoms with Crippen molar-refractivity contribution in [2.45, 2.75) is 0 Å². The molecule has 4 nitrogen and oxygen atoms in total. The van der Waals surface area contributed by atoms with E-state index in [1.54, 1.807) is 24.5 Å². The second kappa shape index (κ2) is 4.53. The quantitative estimate of drug-likeness (QED) is 0.717. The molecule has 0 bridgehead atoms. The van der Waals surface area contributed by atoms with Gasteiger partial charge in [-0.3, -0.25) is 0 Å². The Kier molecular flexibility index (Phi) is 2.91. The first-order valence-corrected chi connectivity index (χ1v) is 4.75. The molecule has 0 fully saturated rings. The van der Waals surface area contributed by atoms with Crippen molar-refractivity contribution in [3.63, 3.8) is 0 Å². The van der Waals surface area contributed by atoms with Crippen molar-refractivity contribution in [2.24, 2.45) is 0 Å². The van der Waals surface area contributed by atoms with Crippen molar-refractivity contribution < 1.29 is 9.53 Å². The van der Waals surface area contributed by atoms with Crippen LogP contribution < -0.4 is 0 Å². The van der Waals surface area contributed by atoms with Gasteiger partial charge >= 0.3 is 5.97 Å². The van der Waals surface area contributed by atoms with Gasteiger partial charge in [-0.05, 0) is 11.6 Å². The minimum Gasteiger partial charge on any atom is -0.465 e. The van der Waals surface area contributed by atoms with Crippen molar-refractivity contribution in [2.75, 3.05) is 7.11 Å². The Morgan fingerprint density at radius 2 is 1.88 bits per heavy atom. The molecule has 4 heteroatoms. The minimum atomic E-state index is -0.362. The van der Waals surface area contributed by atoms with E-state index in [4.69, 9.17) is 4.74 Å². The fourth-order valence-corrected chi connectivity index (χ4v) is 1.46. The number of aromatic nitrogens is 2.